The lowest BCUT2D eigenvalue weighted by atomic mass is 9.53. The Morgan fingerprint density at radius 1 is 1.03 bits per heavy atom. The summed E-state index contributed by atoms with van der Waals surface area (Å²) in [7, 11) is 0. The minimum Gasteiger partial charge on any atom is -0.332 e. The highest BCUT2D eigenvalue weighted by Gasteiger charge is 2.52. The van der Waals surface area contributed by atoms with Crippen LogP contribution in [0.4, 0.5) is 9.59 Å². The molecule has 164 valence electrons. The molecule has 0 radical (unpaired) electrons. The lowest BCUT2D eigenvalue weighted by Gasteiger charge is -2.56. The number of urea groups is 2. The van der Waals surface area contributed by atoms with Crippen molar-refractivity contribution in [2.24, 2.45) is 17.8 Å². The zero-order valence-electron chi connectivity index (χ0n) is 17.6. The molecule has 1 saturated heterocycles. The second-order valence-electron chi connectivity index (χ2n) is 10.0. The van der Waals surface area contributed by atoms with Gasteiger partial charge in [-0.15, -0.1) is 0 Å². The third-order valence-electron chi connectivity index (χ3n) is 7.60. The molecule has 5 aliphatic rings. The van der Waals surface area contributed by atoms with Crippen molar-refractivity contribution < 1.29 is 19.2 Å². The molecular formula is C23H28N4O4. The van der Waals surface area contributed by atoms with Gasteiger partial charge < -0.3 is 10.6 Å². The molecule has 4 bridgehead atoms. The fraction of sp³-hybridized carbons (Fsp3) is 0.565. The number of nitrogens with one attached hydrogen (secondary N) is 3. The van der Waals surface area contributed by atoms with Crippen molar-refractivity contribution in [3.05, 3.63) is 35.9 Å². The van der Waals surface area contributed by atoms with Crippen molar-refractivity contribution in [3.8, 4) is 0 Å². The average Bonchev–Trinajstić information content (AvgIpc) is 2.91. The van der Waals surface area contributed by atoms with Gasteiger partial charge >= 0.3 is 12.1 Å². The molecule has 1 heterocycles. The van der Waals surface area contributed by atoms with Gasteiger partial charge in [-0.05, 0) is 68.8 Å². The third kappa shape index (κ3) is 3.47. The van der Waals surface area contributed by atoms with Crippen LogP contribution in [0.15, 0.2) is 30.3 Å². The van der Waals surface area contributed by atoms with Crippen molar-refractivity contribution in [3.63, 3.8) is 0 Å². The van der Waals surface area contributed by atoms with Crippen LogP contribution in [-0.4, -0.2) is 40.9 Å². The maximum absolute atomic E-state index is 12.9. The van der Waals surface area contributed by atoms with Crippen LogP contribution in [0.3, 0.4) is 0 Å². The van der Waals surface area contributed by atoms with Gasteiger partial charge in [-0.3, -0.25) is 19.8 Å². The first-order valence-corrected chi connectivity index (χ1v) is 11.1. The quantitative estimate of drug-likeness (QED) is 0.644. The number of amides is 6. The van der Waals surface area contributed by atoms with E-state index < -0.39 is 36.0 Å². The van der Waals surface area contributed by atoms with E-state index in [1.807, 2.05) is 6.07 Å². The lowest BCUT2D eigenvalue weighted by Crippen LogP contribution is -2.62. The maximum atomic E-state index is 12.9. The summed E-state index contributed by atoms with van der Waals surface area (Å²) in [6, 6.07) is 7.70. The molecule has 0 spiro atoms. The second kappa shape index (κ2) is 7.07. The number of imide groups is 2. The summed E-state index contributed by atoms with van der Waals surface area (Å²) in [6.07, 6.45) is 6.70. The maximum Gasteiger partial charge on any atom is 0.325 e. The van der Waals surface area contributed by atoms with E-state index in [0.717, 1.165) is 24.2 Å². The summed E-state index contributed by atoms with van der Waals surface area (Å²) in [5, 5.41) is 8.06. The minimum atomic E-state index is -1.24. The Morgan fingerprint density at radius 2 is 1.61 bits per heavy atom. The number of hydrogen-bond acceptors (Lipinski definition) is 4. The van der Waals surface area contributed by atoms with E-state index in [1.54, 1.807) is 31.2 Å². The molecule has 1 aliphatic heterocycles. The number of benzene rings is 1. The Hall–Kier alpha value is -2.90. The number of hydrogen-bond donors (Lipinski definition) is 3. The second-order valence-corrected chi connectivity index (χ2v) is 10.0. The molecule has 0 aromatic heterocycles. The zero-order chi connectivity index (χ0) is 21.8. The smallest absolute Gasteiger partial charge is 0.325 e. The zero-order valence-corrected chi connectivity index (χ0v) is 17.6. The number of carbonyl (C=O) groups is 4. The minimum absolute atomic E-state index is 0.216. The van der Waals surface area contributed by atoms with E-state index in [4.69, 9.17) is 0 Å². The van der Waals surface area contributed by atoms with Crippen molar-refractivity contribution in [2.45, 2.75) is 56.5 Å². The van der Waals surface area contributed by atoms with Crippen LogP contribution in [0.5, 0.6) is 0 Å². The Labute approximate surface area is 181 Å². The predicted molar refractivity (Wildman–Crippen MR) is 112 cm³/mol. The third-order valence-corrected chi connectivity index (χ3v) is 7.60. The number of nitrogens with zero attached hydrogens (tertiary/aromatic N) is 1. The summed E-state index contributed by atoms with van der Waals surface area (Å²) in [4.78, 5) is 51.3. The van der Waals surface area contributed by atoms with Gasteiger partial charge in [0.1, 0.15) is 12.1 Å². The molecule has 1 atom stereocenters. The monoisotopic (exact) mass is 424 g/mol. The van der Waals surface area contributed by atoms with Crippen LogP contribution < -0.4 is 16.0 Å². The van der Waals surface area contributed by atoms with E-state index >= 15 is 0 Å². The fourth-order valence-corrected chi connectivity index (χ4v) is 6.65. The van der Waals surface area contributed by atoms with Crippen molar-refractivity contribution in [2.75, 3.05) is 6.54 Å². The highest BCUT2D eigenvalue weighted by molar-refractivity contribution is 6.10. The molecule has 6 rings (SSSR count). The molecule has 8 nitrogen and oxygen atoms in total. The van der Waals surface area contributed by atoms with Crippen LogP contribution in [0.1, 0.15) is 51.0 Å². The Bertz CT molecular complexity index is 911. The standard InChI is InChI=1S/C23H28N4O4/c1-22(17-5-3-2-4-6-17)19(29)27(21(31)26-22)13-18(28)24-20(30)25-23-10-14-7-15(11-23)9-16(8-14)12-23/h2-6,14-16H,7-13H2,1H3,(H,26,31)(H2,24,25,28,30)/t14?,15?,16?,22-,23?/m0/s1. The molecule has 1 aromatic carbocycles. The van der Waals surface area contributed by atoms with Crippen LogP contribution >= 0.6 is 0 Å². The topological polar surface area (TPSA) is 108 Å². The van der Waals surface area contributed by atoms with Gasteiger partial charge in [0.25, 0.3) is 5.91 Å². The van der Waals surface area contributed by atoms with E-state index in [2.05, 4.69) is 16.0 Å². The van der Waals surface area contributed by atoms with Gasteiger partial charge in [-0.1, -0.05) is 30.3 Å². The van der Waals surface area contributed by atoms with Gasteiger partial charge in [-0.2, -0.15) is 0 Å². The summed E-state index contributed by atoms with van der Waals surface area (Å²) < 4.78 is 0. The fourth-order valence-electron chi connectivity index (χ4n) is 6.65. The Morgan fingerprint density at radius 3 is 2.19 bits per heavy atom. The Balaban J connectivity index is 1.20. The van der Waals surface area contributed by atoms with E-state index in [0.29, 0.717) is 23.3 Å². The molecule has 4 aliphatic carbocycles. The van der Waals surface area contributed by atoms with E-state index in [9.17, 15) is 19.2 Å². The van der Waals surface area contributed by atoms with Gasteiger partial charge in [0.05, 0.1) is 0 Å². The molecular weight excluding hydrogens is 396 g/mol. The van der Waals surface area contributed by atoms with Gasteiger partial charge in [-0.25, -0.2) is 9.59 Å². The van der Waals surface area contributed by atoms with Crippen LogP contribution in [0, 0.1) is 17.8 Å². The van der Waals surface area contributed by atoms with Crippen LogP contribution in [0.2, 0.25) is 0 Å². The first-order chi connectivity index (χ1) is 14.8. The molecule has 6 amide bonds. The van der Waals surface area contributed by atoms with Crippen molar-refractivity contribution in [1.82, 2.24) is 20.9 Å². The van der Waals surface area contributed by atoms with Crippen molar-refractivity contribution >= 4 is 23.9 Å². The predicted octanol–water partition coefficient (Wildman–Crippen LogP) is 2.25. The molecule has 5 fully saturated rings. The van der Waals surface area contributed by atoms with Gasteiger partial charge in [0.15, 0.2) is 0 Å². The molecule has 0 unspecified atom stereocenters. The van der Waals surface area contributed by atoms with Crippen LogP contribution in [-0.2, 0) is 15.1 Å². The molecule has 31 heavy (non-hydrogen) atoms. The summed E-state index contributed by atoms with van der Waals surface area (Å²) in [5.41, 5.74) is -0.817. The average molecular weight is 425 g/mol. The Kier molecular flexibility index (Phi) is 4.57. The number of carbonyl (C=O) groups excluding carboxylic acids is 4. The highest BCUT2D eigenvalue weighted by Crippen LogP contribution is 2.55. The first kappa shape index (κ1) is 20.0. The molecule has 3 N–H and O–H groups in total. The van der Waals surface area contributed by atoms with Crippen LogP contribution in [0.25, 0.3) is 0 Å². The first-order valence-electron chi connectivity index (χ1n) is 11.1. The molecule has 1 aromatic rings. The molecule has 4 saturated carbocycles. The summed E-state index contributed by atoms with van der Waals surface area (Å²) >= 11 is 0. The normalized spacial score (nSPS) is 35.8. The van der Waals surface area contributed by atoms with Gasteiger partial charge in [0.2, 0.25) is 5.91 Å². The summed E-state index contributed by atoms with van der Waals surface area (Å²) in [6.45, 7) is 1.11. The SMILES string of the molecule is C[C@@]1(c2ccccc2)NC(=O)N(CC(=O)NC(=O)NC23CC4CC(CC(C4)C2)C3)C1=O. The van der Waals surface area contributed by atoms with E-state index in [1.165, 1.54) is 19.3 Å². The molecule has 8 heteroatoms. The van der Waals surface area contributed by atoms with Crippen molar-refractivity contribution in [1.29, 1.82) is 0 Å². The number of rotatable bonds is 4. The lowest BCUT2D eigenvalue weighted by molar-refractivity contribution is -0.134. The van der Waals surface area contributed by atoms with Gasteiger partial charge in [0, 0.05) is 5.54 Å². The highest BCUT2D eigenvalue weighted by atomic mass is 16.2. The summed E-state index contributed by atoms with van der Waals surface area (Å²) in [5.74, 6) is 0.819. The van der Waals surface area contributed by atoms with E-state index in [-0.39, 0.29) is 5.54 Å². The largest absolute Gasteiger partial charge is 0.332 e.